The summed E-state index contributed by atoms with van der Waals surface area (Å²) in [7, 11) is 0. The third-order valence-electron chi connectivity index (χ3n) is 5.78. The van der Waals surface area contributed by atoms with E-state index in [1.165, 1.54) is 5.56 Å². The number of carbonyl (C=O) groups is 1. The van der Waals surface area contributed by atoms with Crippen LogP contribution in [0.4, 0.5) is 11.4 Å². The summed E-state index contributed by atoms with van der Waals surface area (Å²) in [6.07, 6.45) is 3.32. The summed E-state index contributed by atoms with van der Waals surface area (Å²) < 4.78 is 6.39. The summed E-state index contributed by atoms with van der Waals surface area (Å²) in [5.41, 5.74) is 3.03. The number of fused-ring (bicyclic) bond motifs is 1. The molecule has 0 spiro atoms. The zero-order valence-electron chi connectivity index (χ0n) is 17.2. The highest BCUT2D eigenvalue weighted by molar-refractivity contribution is 6.43. The average Bonchev–Trinajstić information content (AvgIpc) is 2.75. The Morgan fingerprint density at radius 3 is 2.67 bits per heavy atom. The molecule has 7 heteroatoms. The van der Waals surface area contributed by atoms with Crippen LogP contribution in [-0.4, -0.2) is 43.2 Å². The number of halogens is 2. The molecule has 1 atom stereocenters. The maximum Gasteiger partial charge on any atom is 0.224 e. The Morgan fingerprint density at radius 2 is 1.90 bits per heavy atom. The van der Waals surface area contributed by atoms with E-state index < -0.39 is 0 Å². The predicted octanol–water partition coefficient (Wildman–Crippen LogP) is 5.21. The van der Waals surface area contributed by atoms with Gasteiger partial charge in [-0.2, -0.15) is 0 Å². The van der Waals surface area contributed by atoms with Crippen molar-refractivity contribution in [3.8, 4) is 5.75 Å². The van der Waals surface area contributed by atoms with Gasteiger partial charge in [0.25, 0.3) is 0 Å². The van der Waals surface area contributed by atoms with Crippen LogP contribution in [0.5, 0.6) is 5.75 Å². The normalized spacial score (nSPS) is 18.0. The van der Waals surface area contributed by atoms with E-state index in [1.807, 2.05) is 30.3 Å². The first kappa shape index (κ1) is 21.3. The van der Waals surface area contributed by atoms with Gasteiger partial charge in [-0.3, -0.25) is 9.69 Å². The maximum atomic E-state index is 11.7. The highest BCUT2D eigenvalue weighted by atomic mass is 35.5. The van der Waals surface area contributed by atoms with Crippen LogP contribution in [-0.2, 0) is 11.2 Å². The van der Waals surface area contributed by atoms with Gasteiger partial charge in [0.1, 0.15) is 5.75 Å². The van der Waals surface area contributed by atoms with E-state index in [9.17, 15) is 4.79 Å². The number of benzene rings is 2. The molecule has 0 saturated carbocycles. The number of rotatable bonds is 6. The summed E-state index contributed by atoms with van der Waals surface area (Å²) in [5.74, 6) is 0.871. The Kier molecular flexibility index (Phi) is 6.71. The second-order valence-corrected chi connectivity index (χ2v) is 8.61. The van der Waals surface area contributed by atoms with Gasteiger partial charge in [-0.25, -0.2) is 0 Å². The quantitative estimate of drug-likeness (QED) is 0.660. The van der Waals surface area contributed by atoms with Gasteiger partial charge >= 0.3 is 0 Å². The van der Waals surface area contributed by atoms with Crippen LogP contribution in [0.3, 0.4) is 0 Å². The van der Waals surface area contributed by atoms with E-state index in [0.29, 0.717) is 16.5 Å². The SMILES string of the molecule is CCCC(Oc1ccc2c(c1)NC(=O)CC2)N1CCN(c2cccc(Cl)c2Cl)CC1. The smallest absolute Gasteiger partial charge is 0.224 e. The lowest BCUT2D eigenvalue weighted by Gasteiger charge is -2.40. The second kappa shape index (κ2) is 9.46. The Morgan fingerprint density at radius 1 is 1.10 bits per heavy atom. The summed E-state index contributed by atoms with van der Waals surface area (Å²) >= 11 is 12.6. The van der Waals surface area contributed by atoms with E-state index in [0.717, 1.165) is 62.6 Å². The van der Waals surface area contributed by atoms with Crippen LogP contribution in [0, 0.1) is 0 Å². The van der Waals surface area contributed by atoms with Gasteiger partial charge in [-0.05, 0) is 36.6 Å². The van der Waals surface area contributed by atoms with E-state index >= 15 is 0 Å². The Bertz CT molecular complexity index is 913. The molecule has 0 radical (unpaired) electrons. The molecule has 1 amide bonds. The molecular formula is C23H27Cl2N3O2. The number of aryl methyl sites for hydroxylation is 1. The lowest BCUT2D eigenvalue weighted by Crippen LogP contribution is -2.52. The van der Waals surface area contributed by atoms with Crippen molar-refractivity contribution >= 4 is 40.5 Å². The number of hydrogen-bond acceptors (Lipinski definition) is 4. The van der Waals surface area contributed by atoms with Crippen molar-refractivity contribution in [2.45, 2.75) is 38.8 Å². The molecule has 2 aromatic rings. The molecule has 30 heavy (non-hydrogen) atoms. The first-order valence-corrected chi connectivity index (χ1v) is 11.3. The Labute approximate surface area is 187 Å². The maximum absolute atomic E-state index is 11.7. The van der Waals surface area contributed by atoms with Crippen LogP contribution in [0.15, 0.2) is 36.4 Å². The lowest BCUT2D eigenvalue weighted by atomic mass is 10.0. The fourth-order valence-electron chi connectivity index (χ4n) is 4.13. The van der Waals surface area contributed by atoms with Gasteiger partial charge in [0, 0.05) is 44.4 Å². The first-order valence-electron chi connectivity index (χ1n) is 10.6. The van der Waals surface area contributed by atoms with Gasteiger partial charge in [0.15, 0.2) is 6.23 Å². The van der Waals surface area contributed by atoms with Crippen molar-refractivity contribution in [2.24, 2.45) is 0 Å². The zero-order chi connectivity index (χ0) is 21.1. The van der Waals surface area contributed by atoms with Crippen molar-refractivity contribution in [3.05, 3.63) is 52.0 Å². The monoisotopic (exact) mass is 447 g/mol. The molecule has 2 heterocycles. The molecule has 0 aromatic heterocycles. The van der Waals surface area contributed by atoms with Crippen LogP contribution in [0.1, 0.15) is 31.7 Å². The molecule has 1 unspecified atom stereocenters. The summed E-state index contributed by atoms with van der Waals surface area (Å²) in [6.45, 7) is 5.67. The summed E-state index contributed by atoms with van der Waals surface area (Å²) in [4.78, 5) is 16.4. The molecule has 5 nitrogen and oxygen atoms in total. The minimum Gasteiger partial charge on any atom is -0.475 e. The number of carbonyl (C=O) groups excluding carboxylic acids is 1. The molecule has 0 aliphatic carbocycles. The number of ether oxygens (including phenoxy) is 1. The molecule has 4 rings (SSSR count). The number of nitrogens with one attached hydrogen (secondary N) is 1. The molecule has 0 bridgehead atoms. The summed E-state index contributed by atoms with van der Waals surface area (Å²) in [5, 5.41) is 4.16. The van der Waals surface area contributed by atoms with E-state index in [-0.39, 0.29) is 12.1 Å². The van der Waals surface area contributed by atoms with Crippen molar-refractivity contribution < 1.29 is 9.53 Å². The number of amides is 1. The Balaban J connectivity index is 1.42. The van der Waals surface area contributed by atoms with Crippen LogP contribution < -0.4 is 15.0 Å². The van der Waals surface area contributed by atoms with Gasteiger partial charge in [-0.15, -0.1) is 0 Å². The molecule has 2 aliphatic rings. The predicted molar refractivity (Wildman–Crippen MR) is 123 cm³/mol. The molecule has 2 aromatic carbocycles. The molecule has 1 saturated heterocycles. The first-order chi connectivity index (χ1) is 14.5. The highest BCUT2D eigenvalue weighted by Crippen LogP contribution is 2.33. The minimum atomic E-state index is 0.00400. The highest BCUT2D eigenvalue weighted by Gasteiger charge is 2.26. The number of nitrogens with zero attached hydrogens (tertiary/aromatic N) is 2. The number of hydrogen-bond donors (Lipinski definition) is 1. The van der Waals surface area contributed by atoms with Gasteiger partial charge in [0.2, 0.25) is 5.91 Å². The Hall–Kier alpha value is -1.95. The van der Waals surface area contributed by atoms with E-state index in [2.05, 4.69) is 28.1 Å². The topological polar surface area (TPSA) is 44.8 Å². The standard InChI is InChI=1S/C23H27Cl2N3O2/c1-2-4-22(30-17-9-7-16-8-10-21(29)26-19(16)15-17)28-13-11-27(12-14-28)20-6-3-5-18(24)23(20)25/h3,5-7,9,15,22H,2,4,8,10-14H2,1H3,(H,26,29). The second-order valence-electron chi connectivity index (χ2n) is 7.82. The van der Waals surface area contributed by atoms with Gasteiger partial charge in [0.05, 0.1) is 15.7 Å². The van der Waals surface area contributed by atoms with Crippen LogP contribution in [0.25, 0.3) is 0 Å². The molecule has 1 fully saturated rings. The van der Waals surface area contributed by atoms with Crippen molar-refractivity contribution in [3.63, 3.8) is 0 Å². The summed E-state index contributed by atoms with van der Waals surface area (Å²) in [6, 6.07) is 11.8. The van der Waals surface area contributed by atoms with Crippen molar-refractivity contribution in [2.75, 3.05) is 36.4 Å². The van der Waals surface area contributed by atoms with E-state index in [4.69, 9.17) is 27.9 Å². The fourth-order valence-corrected chi connectivity index (χ4v) is 4.55. The number of piperazine rings is 1. The van der Waals surface area contributed by atoms with E-state index in [1.54, 1.807) is 0 Å². The van der Waals surface area contributed by atoms with Crippen LogP contribution in [0.2, 0.25) is 10.0 Å². The van der Waals surface area contributed by atoms with Gasteiger partial charge < -0.3 is 15.0 Å². The number of anilines is 2. The minimum absolute atomic E-state index is 0.00400. The third kappa shape index (κ3) is 4.69. The lowest BCUT2D eigenvalue weighted by molar-refractivity contribution is -0.116. The molecule has 1 N–H and O–H groups in total. The van der Waals surface area contributed by atoms with Crippen LogP contribution >= 0.6 is 23.2 Å². The third-order valence-corrected chi connectivity index (χ3v) is 6.59. The molecule has 160 valence electrons. The average molecular weight is 448 g/mol. The zero-order valence-corrected chi connectivity index (χ0v) is 18.7. The van der Waals surface area contributed by atoms with Crippen molar-refractivity contribution in [1.82, 2.24) is 4.90 Å². The van der Waals surface area contributed by atoms with Gasteiger partial charge in [-0.1, -0.05) is 48.7 Å². The molecule has 2 aliphatic heterocycles. The molecular weight excluding hydrogens is 421 g/mol. The fraction of sp³-hybridized carbons (Fsp3) is 0.435. The largest absolute Gasteiger partial charge is 0.475 e. The van der Waals surface area contributed by atoms with Crippen molar-refractivity contribution in [1.29, 1.82) is 0 Å².